The van der Waals surface area contributed by atoms with Crippen LogP contribution in [0.2, 0.25) is 5.02 Å². The second-order valence-corrected chi connectivity index (χ2v) is 3.61. The van der Waals surface area contributed by atoms with Crippen molar-refractivity contribution in [1.29, 1.82) is 0 Å². The third kappa shape index (κ3) is 2.71. The topological polar surface area (TPSA) is 17.1 Å². The van der Waals surface area contributed by atoms with Gasteiger partial charge in [-0.05, 0) is 17.7 Å². The summed E-state index contributed by atoms with van der Waals surface area (Å²) < 4.78 is 0. The first-order valence-corrected chi connectivity index (χ1v) is 4.89. The normalized spacial score (nSPS) is 12.5. The van der Waals surface area contributed by atoms with Gasteiger partial charge < -0.3 is 0 Å². The smallest absolute Gasteiger partial charge is 0.154 e. The van der Waals surface area contributed by atoms with E-state index in [1.807, 2.05) is 0 Å². The summed E-state index contributed by atoms with van der Waals surface area (Å²) >= 11 is 11.7. The molecule has 0 aliphatic rings. The van der Waals surface area contributed by atoms with Crippen LogP contribution >= 0.6 is 23.2 Å². The summed E-state index contributed by atoms with van der Waals surface area (Å²) in [7, 11) is 0. The molecule has 0 spiro atoms. The molecule has 1 aromatic carbocycles. The van der Waals surface area contributed by atoms with E-state index in [0.717, 1.165) is 5.56 Å². The zero-order valence-corrected chi connectivity index (χ0v) is 8.77. The van der Waals surface area contributed by atoms with Crippen LogP contribution < -0.4 is 0 Å². The lowest BCUT2D eigenvalue weighted by atomic mass is 10.1. The Labute approximate surface area is 87.7 Å². The Hall–Kier alpha value is -0.530. The van der Waals surface area contributed by atoms with Crippen LogP contribution in [0.1, 0.15) is 24.3 Å². The number of alkyl halides is 1. The number of carbonyl (C=O) groups is 1. The van der Waals surface area contributed by atoms with Gasteiger partial charge in [0.05, 0.1) is 0 Å². The largest absolute Gasteiger partial charge is 0.298 e. The number of Topliss-reactive ketones (excluding diaryl/α,β-unsaturated/α-hetero) is 1. The zero-order chi connectivity index (χ0) is 9.84. The minimum absolute atomic E-state index is 0.0175. The molecule has 0 fully saturated rings. The highest BCUT2D eigenvalue weighted by Gasteiger charge is 2.15. The highest BCUT2D eigenvalue weighted by Crippen LogP contribution is 2.24. The SMILES string of the molecule is CCC(=O)C(Cl)c1cccc(Cl)c1. The third-order valence-electron chi connectivity index (χ3n) is 1.77. The number of hydrogen-bond acceptors (Lipinski definition) is 1. The Morgan fingerprint density at radius 2 is 2.23 bits per heavy atom. The molecule has 13 heavy (non-hydrogen) atoms. The molecule has 70 valence electrons. The van der Waals surface area contributed by atoms with Crippen LogP contribution in [-0.4, -0.2) is 5.78 Å². The lowest BCUT2D eigenvalue weighted by Crippen LogP contribution is -2.04. The van der Waals surface area contributed by atoms with Crippen LogP contribution in [0.15, 0.2) is 24.3 Å². The minimum atomic E-state index is -0.566. The first-order chi connectivity index (χ1) is 6.15. The molecule has 0 radical (unpaired) electrons. The predicted molar refractivity (Wildman–Crippen MR) is 55.3 cm³/mol. The number of benzene rings is 1. The maximum Gasteiger partial charge on any atom is 0.154 e. The first kappa shape index (κ1) is 10.6. The summed E-state index contributed by atoms with van der Waals surface area (Å²) in [6.07, 6.45) is 0.445. The Morgan fingerprint density at radius 3 is 2.77 bits per heavy atom. The van der Waals surface area contributed by atoms with E-state index >= 15 is 0 Å². The zero-order valence-electron chi connectivity index (χ0n) is 7.26. The van der Waals surface area contributed by atoms with Crippen molar-refractivity contribution in [2.75, 3.05) is 0 Å². The molecule has 0 amide bonds. The molecule has 1 unspecified atom stereocenters. The average Bonchev–Trinajstić information content (AvgIpc) is 2.15. The Balaban J connectivity index is 2.88. The summed E-state index contributed by atoms with van der Waals surface area (Å²) in [6, 6.07) is 7.06. The van der Waals surface area contributed by atoms with Gasteiger partial charge in [-0.15, -0.1) is 11.6 Å². The van der Waals surface area contributed by atoms with Gasteiger partial charge in [-0.1, -0.05) is 30.7 Å². The van der Waals surface area contributed by atoms with Crippen LogP contribution in [0.25, 0.3) is 0 Å². The van der Waals surface area contributed by atoms with Gasteiger partial charge in [0, 0.05) is 11.4 Å². The van der Waals surface area contributed by atoms with Crippen molar-refractivity contribution in [2.24, 2.45) is 0 Å². The van der Waals surface area contributed by atoms with E-state index in [2.05, 4.69) is 0 Å². The first-order valence-electron chi connectivity index (χ1n) is 4.07. The molecule has 0 bridgehead atoms. The number of carbonyl (C=O) groups excluding carboxylic acids is 1. The fourth-order valence-corrected chi connectivity index (χ4v) is 1.52. The van der Waals surface area contributed by atoms with Gasteiger partial charge in [-0.3, -0.25) is 4.79 Å². The third-order valence-corrected chi connectivity index (χ3v) is 2.50. The predicted octanol–water partition coefficient (Wildman–Crippen LogP) is 3.60. The second kappa shape index (κ2) is 4.64. The van der Waals surface area contributed by atoms with Crippen molar-refractivity contribution in [2.45, 2.75) is 18.7 Å². The summed E-state index contributed by atoms with van der Waals surface area (Å²) in [4.78, 5) is 11.2. The molecule has 1 rings (SSSR count). The van der Waals surface area contributed by atoms with E-state index in [1.54, 1.807) is 31.2 Å². The molecule has 0 saturated heterocycles. The molecule has 0 N–H and O–H groups in total. The number of hydrogen-bond donors (Lipinski definition) is 0. The van der Waals surface area contributed by atoms with E-state index < -0.39 is 5.38 Å². The molecule has 0 heterocycles. The molecule has 3 heteroatoms. The Kier molecular flexibility index (Phi) is 3.76. The molecule has 0 aliphatic carbocycles. The number of ketones is 1. The maximum atomic E-state index is 11.2. The second-order valence-electron chi connectivity index (χ2n) is 2.74. The molecular formula is C10H10Cl2O. The Bertz CT molecular complexity index is 310. The molecule has 0 aliphatic heterocycles. The molecule has 1 aromatic rings. The van der Waals surface area contributed by atoms with Crippen LogP contribution in [0.3, 0.4) is 0 Å². The van der Waals surface area contributed by atoms with Gasteiger partial charge in [0.15, 0.2) is 5.78 Å². The fourth-order valence-electron chi connectivity index (χ4n) is 1.03. The Morgan fingerprint density at radius 1 is 1.54 bits per heavy atom. The van der Waals surface area contributed by atoms with E-state index in [1.165, 1.54) is 0 Å². The highest BCUT2D eigenvalue weighted by molar-refractivity contribution is 6.32. The lowest BCUT2D eigenvalue weighted by molar-refractivity contribution is -0.118. The van der Waals surface area contributed by atoms with Crippen LogP contribution in [-0.2, 0) is 4.79 Å². The fraction of sp³-hybridized carbons (Fsp3) is 0.300. The summed E-state index contributed by atoms with van der Waals surface area (Å²) in [6.45, 7) is 1.79. The van der Waals surface area contributed by atoms with E-state index in [9.17, 15) is 4.79 Å². The molecule has 1 atom stereocenters. The molecule has 0 aromatic heterocycles. The van der Waals surface area contributed by atoms with Crippen molar-refractivity contribution in [3.8, 4) is 0 Å². The van der Waals surface area contributed by atoms with Gasteiger partial charge >= 0.3 is 0 Å². The lowest BCUT2D eigenvalue weighted by Gasteiger charge is -2.06. The van der Waals surface area contributed by atoms with Gasteiger partial charge in [0.1, 0.15) is 5.38 Å². The molecular weight excluding hydrogens is 207 g/mol. The maximum absolute atomic E-state index is 11.2. The van der Waals surface area contributed by atoms with Crippen molar-refractivity contribution in [1.82, 2.24) is 0 Å². The van der Waals surface area contributed by atoms with E-state index in [0.29, 0.717) is 11.4 Å². The quantitative estimate of drug-likeness (QED) is 0.707. The summed E-state index contributed by atoms with van der Waals surface area (Å²) in [5.74, 6) is 0.0175. The van der Waals surface area contributed by atoms with Gasteiger partial charge in [-0.25, -0.2) is 0 Å². The van der Waals surface area contributed by atoms with Gasteiger partial charge in [0.2, 0.25) is 0 Å². The van der Waals surface area contributed by atoms with Crippen molar-refractivity contribution < 1.29 is 4.79 Å². The van der Waals surface area contributed by atoms with Crippen LogP contribution in [0.5, 0.6) is 0 Å². The van der Waals surface area contributed by atoms with E-state index in [-0.39, 0.29) is 5.78 Å². The number of halogens is 2. The minimum Gasteiger partial charge on any atom is -0.298 e. The average molecular weight is 217 g/mol. The molecule has 0 saturated carbocycles. The van der Waals surface area contributed by atoms with E-state index in [4.69, 9.17) is 23.2 Å². The van der Waals surface area contributed by atoms with Crippen molar-refractivity contribution in [3.05, 3.63) is 34.9 Å². The van der Waals surface area contributed by atoms with Crippen molar-refractivity contribution in [3.63, 3.8) is 0 Å². The van der Waals surface area contributed by atoms with Crippen LogP contribution in [0, 0.1) is 0 Å². The number of rotatable bonds is 3. The summed E-state index contributed by atoms with van der Waals surface area (Å²) in [5.41, 5.74) is 0.765. The van der Waals surface area contributed by atoms with Gasteiger partial charge in [-0.2, -0.15) is 0 Å². The molecule has 1 nitrogen and oxygen atoms in total. The highest BCUT2D eigenvalue weighted by atomic mass is 35.5. The van der Waals surface area contributed by atoms with Crippen LogP contribution in [0.4, 0.5) is 0 Å². The summed E-state index contributed by atoms with van der Waals surface area (Å²) in [5, 5.41) is 0.0377. The standard InChI is InChI=1S/C10H10Cl2O/c1-2-9(13)10(12)7-4-3-5-8(11)6-7/h3-6,10H,2H2,1H3. The van der Waals surface area contributed by atoms with Gasteiger partial charge in [0.25, 0.3) is 0 Å². The van der Waals surface area contributed by atoms with Crippen molar-refractivity contribution >= 4 is 29.0 Å². The monoisotopic (exact) mass is 216 g/mol.